The van der Waals surface area contributed by atoms with Crippen LogP contribution in [0.25, 0.3) is 5.57 Å². The molecule has 1 aliphatic rings. The van der Waals surface area contributed by atoms with Gasteiger partial charge >= 0.3 is 5.69 Å². The van der Waals surface area contributed by atoms with Gasteiger partial charge in [0.2, 0.25) is 0 Å². The molecule has 0 unspecified atom stereocenters. The van der Waals surface area contributed by atoms with Crippen LogP contribution < -0.4 is 4.74 Å². The van der Waals surface area contributed by atoms with Crippen molar-refractivity contribution in [1.29, 1.82) is 0 Å². The Labute approximate surface area is 161 Å². The van der Waals surface area contributed by atoms with Gasteiger partial charge in [0.15, 0.2) is 5.75 Å². The molecule has 5 nitrogen and oxygen atoms in total. The lowest BCUT2D eigenvalue weighted by Gasteiger charge is -2.27. The third-order valence-electron chi connectivity index (χ3n) is 4.70. The second kappa shape index (κ2) is 8.35. The number of hydrogen-bond donors (Lipinski definition) is 0. The van der Waals surface area contributed by atoms with Crippen molar-refractivity contribution >= 4 is 11.3 Å². The molecule has 2 aromatic rings. The SMILES string of the molecule is [2H]C(C)(C)Oc1cc(C2=CCN(Cc3ccccc3)CC2)c(C)cc1[N+](=O)[O-]. The fraction of sp³-hybridized carbons (Fsp3) is 0.364. The van der Waals surface area contributed by atoms with E-state index >= 15 is 0 Å². The van der Waals surface area contributed by atoms with Crippen molar-refractivity contribution in [1.82, 2.24) is 4.90 Å². The molecule has 0 amide bonds. The number of aryl methyl sites for hydroxylation is 1. The van der Waals surface area contributed by atoms with Crippen LogP contribution in [-0.4, -0.2) is 29.0 Å². The largest absolute Gasteiger partial charge is 0.484 e. The van der Waals surface area contributed by atoms with Crippen molar-refractivity contribution in [2.75, 3.05) is 13.1 Å². The van der Waals surface area contributed by atoms with E-state index in [-0.39, 0.29) is 11.4 Å². The zero-order chi connectivity index (χ0) is 20.3. The number of benzene rings is 2. The van der Waals surface area contributed by atoms with Crippen molar-refractivity contribution in [3.8, 4) is 5.75 Å². The first kappa shape index (κ1) is 17.7. The molecule has 0 fully saturated rings. The summed E-state index contributed by atoms with van der Waals surface area (Å²) in [5.41, 5.74) is 4.18. The van der Waals surface area contributed by atoms with Gasteiger partial charge in [-0.2, -0.15) is 0 Å². The van der Waals surface area contributed by atoms with Gasteiger partial charge in [-0.15, -0.1) is 0 Å². The Balaban J connectivity index is 1.83. The van der Waals surface area contributed by atoms with Gasteiger partial charge in [0.1, 0.15) is 0 Å². The predicted octanol–water partition coefficient (Wildman–Crippen LogP) is 4.98. The van der Waals surface area contributed by atoms with Gasteiger partial charge < -0.3 is 4.74 Å². The molecule has 0 saturated heterocycles. The first-order valence-electron chi connectivity index (χ1n) is 9.67. The highest BCUT2D eigenvalue weighted by Gasteiger charge is 2.22. The molecule has 2 aromatic carbocycles. The molecule has 0 aromatic heterocycles. The summed E-state index contributed by atoms with van der Waals surface area (Å²) in [7, 11) is 0. The van der Waals surface area contributed by atoms with Gasteiger partial charge in [-0.25, -0.2) is 0 Å². The Bertz CT molecular complexity index is 889. The first-order chi connectivity index (χ1) is 13.2. The topological polar surface area (TPSA) is 55.6 Å². The van der Waals surface area contributed by atoms with Crippen LogP contribution in [0.3, 0.4) is 0 Å². The quantitative estimate of drug-likeness (QED) is 0.534. The second-order valence-corrected chi connectivity index (χ2v) is 7.10. The Morgan fingerprint density at radius 2 is 2.04 bits per heavy atom. The van der Waals surface area contributed by atoms with Crippen LogP contribution >= 0.6 is 0 Å². The zero-order valence-electron chi connectivity index (χ0n) is 17.1. The molecule has 0 atom stereocenters. The summed E-state index contributed by atoms with van der Waals surface area (Å²) < 4.78 is 13.5. The van der Waals surface area contributed by atoms with E-state index in [0.29, 0.717) is 0 Å². The molecule has 0 bridgehead atoms. The van der Waals surface area contributed by atoms with E-state index in [2.05, 4.69) is 35.2 Å². The molecule has 0 saturated carbocycles. The van der Waals surface area contributed by atoms with Gasteiger partial charge in [-0.05, 0) is 55.5 Å². The molecular weight excluding hydrogens is 340 g/mol. The van der Waals surface area contributed by atoms with Gasteiger partial charge in [-0.1, -0.05) is 36.4 Å². The van der Waals surface area contributed by atoms with E-state index in [9.17, 15) is 10.1 Å². The number of nitro benzene ring substituents is 1. The van der Waals surface area contributed by atoms with Crippen LogP contribution in [0.5, 0.6) is 5.75 Å². The fourth-order valence-corrected chi connectivity index (χ4v) is 3.40. The first-order valence-corrected chi connectivity index (χ1v) is 9.17. The van der Waals surface area contributed by atoms with Gasteiger partial charge in [0, 0.05) is 25.7 Å². The lowest BCUT2D eigenvalue weighted by Crippen LogP contribution is -2.28. The van der Waals surface area contributed by atoms with Gasteiger partial charge in [0.25, 0.3) is 0 Å². The minimum atomic E-state index is -1.25. The van der Waals surface area contributed by atoms with Crippen LogP contribution in [0.15, 0.2) is 48.5 Å². The second-order valence-electron chi connectivity index (χ2n) is 7.10. The average Bonchev–Trinajstić information content (AvgIpc) is 2.63. The summed E-state index contributed by atoms with van der Waals surface area (Å²) in [6.45, 7) is 7.69. The van der Waals surface area contributed by atoms with E-state index in [1.807, 2.05) is 13.0 Å². The molecule has 0 aliphatic carbocycles. The molecule has 0 spiro atoms. The van der Waals surface area contributed by atoms with Crippen molar-refractivity contribution < 1.29 is 11.0 Å². The standard InChI is InChI=1S/C22H26N2O3/c1-16(2)27-22-14-20(17(3)13-21(22)24(25)26)19-9-11-23(12-10-19)15-18-7-5-4-6-8-18/h4-9,13-14,16H,10-12,15H2,1-3H3/i16D. The highest BCUT2D eigenvalue weighted by atomic mass is 16.6. The van der Waals surface area contributed by atoms with Crippen LogP contribution in [-0.2, 0) is 6.54 Å². The Morgan fingerprint density at radius 3 is 2.63 bits per heavy atom. The summed E-state index contributed by atoms with van der Waals surface area (Å²) in [4.78, 5) is 13.3. The third-order valence-corrected chi connectivity index (χ3v) is 4.70. The van der Waals surface area contributed by atoms with Crippen LogP contribution in [0.2, 0.25) is 0 Å². The normalized spacial score (nSPS) is 15.8. The smallest absolute Gasteiger partial charge is 0.311 e. The Hall–Kier alpha value is -2.66. The van der Waals surface area contributed by atoms with Crippen molar-refractivity contribution in [3.63, 3.8) is 0 Å². The lowest BCUT2D eigenvalue weighted by molar-refractivity contribution is -0.386. The maximum absolute atomic E-state index is 11.4. The molecule has 3 rings (SSSR count). The summed E-state index contributed by atoms with van der Waals surface area (Å²) in [6.07, 6.45) is 1.82. The third kappa shape index (κ3) is 4.74. The monoisotopic (exact) mass is 367 g/mol. The lowest BCUT2D eigenvalue weighted by atomic mass is 9.94. The van der Waals surface area contributed by atoms with Crippen LogP contribution in [0.4, 0.5) is 5.69 Å². The van der Waals surface area contributed by atoms with Crippen molar-refractivity contribution in [2.24, 2.45) is 0 Å². The van der Waals surface area contributed by atoms with Crippen molar-refractivity contribution in [2.45, 2.75) is 39.8 Å². The summed E-state index contributed by atoms with van der Waals surface area (Å²) >= 11 is 0. The summed E-state index contributed by atoms with van der Waals surface area (Å²) in [6, 6.07) is 13.7. The highest BCUT2D eigenvalue weighted by molar-refractivity contribution is 5.72. The molecule has 142 valence electrons. The molecule has 1 aliphatic heterocycles. The predicted molar refractivity (Wildman–Crippen MR) is 108 cm³/mol. The van der Waals surface area contributed by atoms with E-state index in [1.165, 1.54) is 11.1 Å². The highest BCUT2D eigenvalue weighted by Crippen LogP contribution is 2.36. The maximum atomic E-state index is 11.4. The van der Waals surface area contributed by atoms with E-state index in [0.717, 1.165) is 37.2 Å². The Kier molecular flexibility index (Phi) is 5.49. The molecular formula is C22H26N2O3. The van der Waals surface area contributed by atoms with Gasteiger partial charge in [0.05, 0.1) is 12.4 Å². The Morgan fingerprint density at radius 1 is 1.30 bits per heavy atom. The molecule has 27 heavy (non-hydrogen) atoms. The molecule has 1 heterocycles. The summed E-state index contributed by atoms with van der Waals surface area (Å²) in [5.74, 6) is 0.151. The van der Waals surface area contributed by atoms with Crippen LogP contribution in [0, 0.1) is 17.0 Å². The maximum Gasteiger partial charge on any atom is 0.311 e. The minimum absolute atomic E-state index is 0.0938. The number of hydrogen-bond acceptors (Lipinski definition) is 4. The molecule has 0 radical (unpaired) electrons. The van der Waals surface area contributed by atoms with Crippen LogP contribution in [0.1, 0.15) is 38.3 Å². The molecule has 5 heteroatoms. The zero-order valence-corrected chi connectivity index (χ0v) is 16.1. The van der Waals surface area contributed by atoms with Crippen molar-refractivity contribution in [3.05, 3.63) is 75.3 Å². The minimum Gasteiger partial charge on any atom is -0.484 e. The van der Waals surface area contributed by atoms with E-state index < -0.39 is 11.0 Å². The molecule has 0 N–H and O–H groups in total. The summed E-state index contributed by atoms with van der Waals surface area (Å²) in [5, 5.41) is 11.4. The number of nitro groups is 1. The van der Waals surface area contributed by atoms with Gasteiger partial charge in [-0.3, -0.25) is 15.0 Å². The number of rotatable bonds is 6. The average molecular weight is 367 g/mol. The van der Waals surface area contributed by atoms with E-state index in [1.54, 1.807) is 26.0 Å². The number of ether oxygens (including phenoxy) is 1. The fourth-order valence-electron chi connectivity index (χ4n) is 3.40. The number of nitrogens with zero attached hydrogens (tertiary/aromatic N) is 2. The van der Waals surface area contributed by atoms with E-state index in [4.69, 9.17) is 6.11 Å².